The lowest BCUT2D eigenvalue weighted by atomic mass is 9.91. The highest BCUT2D eigenvalue weighted by Crippen LogP contribution is 2.37. The molecule has 1 aliphatic carbocycles. The van der Waals surface area contributed by atoms with E-state index in [1.807, 2.05) is 0 Å². The largest absolute Gasteiger partial charge is 0.341 e. The van der Waals surface area contributed by atoms with Crippen LogP contribution in [-0.2, 0) is 14.8 Å². The van der Waals surface area contributed by atoms with Gasteiger partial charge in [0.25, 0.3) is 0 Å². The van der Waals surface area contributed by atoms with Gasteiger partial charge in [-0.2, -0.15) is 4.31 Å². The van der Waals surface area contributed by atoms with Crippen molar-refractivity contribution in [1.82, 2.24) is 9.21 Å². The molecule has 0 unspecified atom stereocenters. The maximum atomic E-state index is 14.5. The van der Waals surface area contributed by atoms with Crippen LogP contribution in [0.3, 0.4) is 0 Å². The molecule has 1 saturated heterocycles. The highest BCUT2D eigenvalue weighted by Gasteiger charge is 2.44. The van der Waals surface area contributed by atoms with E-state index in [0.29, 0.717) is 6.42 Å². The number of carbonyl (C=O) groups excluding carboxylic acids is 1. The smallest absolute Gasteiger partial charge is 0.248 e. The summed E-state index contributed by atoms with van der Waals surface area (Å²) in [5, 5.41) is 0. The van der Waals surface area contributed by atoms with Crippen LogP contribution in [0.5, 0.6) is 0 Å². The third-order valence-corrected chi connectivity index (χ3v) is 8.73. The van der Waals surface area contributed by atoms with Gasteiger partial charge in [-0.15, -0.1) is 0 Å². The standard InChI is InChI=1S/C24H26F4N2O3S/c1-29(17-10-12-24(27,28)13-11-17)23(31)21-7-4-14-30(21)34(32,33)22-9-8-16(25)15-19(22)18-5-2-3-6-20(18)26/h2-3,5-6,8-9,15,17,21H,4,7,10-14H2,1H3/t21-/m0/s1. The van der Waals surface area contributed by atoms with Crippen LogP contribution >= 0.6 is 0 Å². The fraction of sp³-hybridized carbons (Fsp3) is 0.458. The van der Waals surface area contributed by atoms with Gasteiger partial charge in [0.2, 0.25) is 21.9 Å². The Morgan fingerprint density at radius 1 is 1.03 bits per heavy atom. The molecule has 34 heavy (non-hydrogen) atoms. The first kappa shape index (κ1) is 24.7. The van der Waals surface area contributed by atoms with E-state index in [2.05, 4.69) is 0 Å². The fourth-order valence-corrected chi connectivity index (χ4v) is 6.68. The molecule has 0 radical (unpaired) electrons. The van der Waals surface area contributed by atoms with E-state index in [9.17, 15) is 30.8 Å². The van der Waals surface area contributed by atoms with E-state index in [1.54, 1.807) is 0 Å². The number of hydrogen-bond donors (Lipinski definition) is 0. The van der Waals surface area contributed by atoms with E-state index < -0.39 is 45.6 Å². The molecule has 1 atom stereocenters. The molecular formula is C24H26F4N2O3S. The Bertz CT molecular complexity index is 1180. The van der Waals surface area contributed by atoms with Gasteiger partial charge in [-0.25, -0.2) is 26.0 Å². The predicted octanol–water partition coefficient (Wildman–Crippen LogP) is 4.82. The Kier molecular flexibility index (Phi) is 6.74. The van der Waals surface area contributed by atoms with E-state index in [1.165, 1.54) is 30.1 Å². The van der Waals surface area contributed by atoms with Crippen LogP contribution in [0.25, 0.3) is 11.1 Å². The summed E-state index contributed by atoms with van der Waals surface area (Å²) in [6.45, 7) is 0.0728. The number of halogens is 4. The van der Waals surface area contributed by atoms with Gasteiger partial charge in [0.15, 0.2) is 0 Å². The van der Waals surface area contributed by atoms with Crippen LogP contribution in [-0.4, -0.2) is 55.1 Å². The molecule has 2 aromatic carbocycles. The van der Waals surface area contributed by atoms with Crippen molar-refractivity contribution in [1.29, 1.82) is 0 Å². The van der Waals surface area contributed by atoms with Gasteiger partial charge in [0, 0.05) is 43.6 Å². The summed E-state index contributed by atoms with van der Waals surface area (Å²) in [5.41, 5.74) is -0.193. The minimum Gasteiger partial charge on any atom is -0.341 e. The lowest BCUT2D eigenvalue weighted by Gasteiger charge is -2.37. The van der Waals surface area contributed by atoms with Crippen molar-refractivity contribution in [2.75, 3.05) is 13.6 Å². The number of rotatable bonds is 5. The maximum Gasteiger partial charge on any atom is 0.248 e. The Hall–Kier alpha value is -2.46. The van der Waals surface area contributed by atoms with Gasteiger partial charge < -0.3 is 4.90 Å². The van der Waals surface area contributed by atoms with E-state index in [0.717, 1.165) is 28.6 Å². The van der Waals surface area contributed by atoms with Gasteiger partial charge in [0.1, 0.15) is 17.7 Å². The van der Waals surface area contributed by atoms with Crippen LogP contribution in [0.4, 0.5) is 17.6 Å². The number of benzene rings is 2. The minimum absolute atomic E-state index is 0.0668. The molecule has 1 amide bonds. The van der Waals surface area contributed by atoms with Gasteiger partial charge in [-0.1, -0.05) is 18.2 Å². The molecular weight excluding hydrogens is 472 g/mol. The molecule has 0 bridgehead atoms. The molecule has 10 heteroatoms. The quantitative estimate of drug-likeness (QED) is 0.556. The van der Waals surface area contributed by atoms with Crippen LogP contribution in [0.2, 0.25) is 0 Å². The molecule has 1 heterocycles. The molecule has 4 rings (SSSR count). The molecule has 2 aliphatic rings. The zero-order chi connectivity index (χ0) is 24.7. The average Bonchev–Trinajstić information content (AvgIpc) is 3.29. The summed E-state index contributed by atoms with van der Waals surface area (Å²) in [6, 6.07) is 7.12. The van der Waals surface area contributed by atoms with Crippen molar-refractivity contribution in [2.24, 2.45) is 0 Å². The van der Waals surface area contributed by atoms with Crippen molar-refractivity contribution in [3.63, 3.8) is 0 Å². The van der Waals surface area contributed by atoms with E-state index in [4.69, 9.17) is 0 Å². The second kappa shape index (κ2) is 9.30. The zero-order valence-corrected chi connectivity index (χ0v) is 19.5. The molecule has 5 nitrogen and oxygen atoms in total. The predicted molar refractivity (Wildman–Crippen MR) is 119 cm³/mol. The van der Waals surface area contributed by atoms with Crippen molar-refractivity contribution >= 4 is 15.9 Å². The molecule has 0 aromatic heterocycles. The minimum atomic E-state index is -4.30. The molecule has 184 valence electrons. The van der Waals surface area contributed by atoms with Crippen molar-refractivity contribution in [3.05, 3.63) is 54.1 Å². The third kappa shape index (κ3) is 4.70. The molecule has 0 spiro atoms. The van der Waals surface area contributed by atoms with Crippen molar-refractivity contribution < 1.29 is 30.8 Å². The maximum absolute atomic E-state index is 14.5. The first-order chi connectivity index (χ1) is 16.0. The van der Waals surface area contributed by atoms with E-state index >= 15 is 0 Å². The summed E-state index contributed by atoms with van der Waals surface area (Å²) in [7, 11) is -2.78. The van der Waals surface area contributed by atoms with Gasteiger partial charge >= 0.3 is 0 Å². The Morgan fingerprint density at radius 2 is 1.71 bits per heavy atom. The first-order valence-corrected chi connectivity index (χ1v) is 12.7. The van der Waals surface area contributed by atoms with Crippen LogP contribution < -0.4 is 0 Å². The summed E-state index contributed by atoms with van der Waals surface area (Å²) in [5.74, 6) is -4.62. The number of carbonyl (C=O) groups is 1. The number of alkyl halides is 2. The average molecular weight is 499 g/mol. The molecule has 1 saturated carbocycles. The molecule has 0 N–H and O–H groups in total. The summed E-state index contributed by atoms with van der Waals surface area (Å²) < 4.78 is 84.0. The van der Waals surface area contributed by atoms with Crippen LogP contribution in [0.15, 0.2) is 47.4 Å². The van der Waals surface area contributed by atoms with Crippen molar-refractivity contribution in [2.45, 2.75) is 61.4 Å². The number of amides is 1. The highest BCUT2D eigenvalue weighted by atomic mass is 32.2. The van der Waals surface area contributed by atoms with E-state index in [-0.39, 0.29) is 54.7 Å². The summed E-state index contributed by atoms with van der Waals surface area (Å²) in [6.07, 6.45) is 0.366. The number of sulfonamides is 1. The monoisotopic (exact) mass is 498 g/mol. The van der Waals surface area contributed by atoms with Crippen LogP contribution in [0.1, 0.15) is 38.5 Å². The number of likely N-dealkylation sites (N-methyl/N-ethyl adjacent to an activating group) is 1. The molecule has 2 aromatic rings. The van der Waals surface area contributed by atoms with Gasteiger partial charge in [-0.05, 0) is 49.9 Å². The Labute approximate surface area is 196 Å². The lowest BCUT2D eigenvalue weighted by Crippen LogP contribution is -2.50. The Morgan fingerprint density at radius 3 is 2.38 bits per heavy atom. The molecule has 1 aliphatic heterocycles. The van der Waals surface area contributed by atoms with Crippen molar-refractivity contribution in [3.8, 4) is 11.1 Å². The zero-order valence-electron chi connectivity index (χ0n) is 18.7. The van der Waals surface area contributed by atoms with Crippen LogP contribution in [0, 0.1) is 11.6 Å². The Balaban J connectivity index is 1.64. The lowest BCUT2D eigenvalue weighted by molar-refractivity contribution is -0.138. The topological polar surface area (TPSA) is 57.7 Å². The normalized spacial score (nSPS) is 21.5. The highest BCUT2D eigenvalue weighted by molar-refractivity contribution is 7.89. The van der Waals surface area contributed by atoms with Gasteiger partial charge in [-0.3, -0.25) is 4.79 Å². The summed E-state index contributed by atoms with van der Waals surface area (Å²) >= 11 is 0. The SMILES string of the molecule is CN(C(=O)[C@@H]1CCCN1S(=O)(=O)c1ccc(F)cc1-c1ccccc1F)C1CCC(F)(F)CC1. The first-order valence-electron chi connectivity index (χ1n) is 11.2. The number of hydrogen-bond acceptors (Lipinski definition) is 3. The second-order valence-electron chi connectivity index (χ2n) is 8.93. The number of nitrogens with zero attached hydrogens (tertiary/aromatic N) is 2. The fourth-order valence-electron chi connectivity index (χ4n) is 4.85. The van der Waals surface area contributed by atoms with Gasteiger partial charge in [0.05, 0.1) is 4.90 Å². The second-order valence-corrected chi connectivity index (χ2v) is 10.8. The summed E-state index contributed by atoms with van der Waals surface area (Å²) in [4.78, 5) is 14.4. The third-order valence-electron chi connectivity index (χ3n) is 6.76. The molecule has 2 fully saturated rings.